The van der Waals surface area contributed by atoms with E-state index in [1.165, 1.54) is 14.2 Å². The Morgan fingerprint density at radius 1 is 0.837 bits per heavy atom. The summed E-state index contributed by atoms with van der Waals surface area (Å²) in [7, 11) is 4.54. The number of aromatic nitrogens is 2. The zero-order chi connectivity index (χ0) is 30.9. The lowest BCUT2D eigenvalue weighted by Gasteiger charge is -2.28. The molecule has 0 aliphatic carbocycles. The van der Waals surface area contributed by atoms with E-state index >= 15 is 0 Å². The van der Waals surface area contributed by atoms with Crippen molar-refractivity contribution in [2.75, 3.05) is 21.3 Å². The molecule has 4 aromatic rings. The molecule has 0 amide bonds. The summed E-state index contributed by atoms with van der Waals surface area (Å²) in [6, 6.07) is 13.9. The van der Waals surface area contributed by atoms with E-state index in [9.17, 15) is 9.90 Å². The van der Waals surface area contributed by atoms with Gasteiger partial charge in [-0.05, 0) is 81.3 Å². The number of esters is 1. The topological polar surface area (TPSA) is 118 Å². The molecule has 5 rings (SSSR count). The Balaban J connectivity index is 1.74. The van der Waals surface area contributed by atoms with Crippen LogP contribution in [-0.2, 0) is 21.7 Å². The molecule has 1 atom stereocenters. The highest BCUT2D eigenvalue weighted by atomic mass is 32.1. The number of cyclic esters (lactones) is 1. The van der Waals surface area contributed by atoms with Gasteiger partial charge in [-0.2, -0.15) is 8.75 Å². The number of benzene rings is 3. The first-order valence-electron chi connectivity index (χ1n) is 13.8. The number of hydrogen-bond acceptors (Lipinski definition) is 11. The summed E-state index contributed by atoms with van der Waals surface area (Å²) in [6.45, 7) is 7.67. The van der Waals surface area contributed by atoms with Crippen molar-refractivity contribution in [1.29, 1.82) is 0 Å². The maximum Gasteiger partial charge on any atom is 0.342 e. The molecule has 1 N–H and O–H groups in total. The lowest BCUT2D eigenvalue weighted by atomic mass is 9.87. The first-order valence-corrected chi connectivity index (χ1v) is 14.5. The number of carbonyl (C=O) groups excluding carboxylic acids is 1. The molecule has 1 aromatic heterocycles. The Bertz CT molecular complexity index is 1700. The molecule has 0 spiro atoms. The highest BCUT2D eigenvalue weighted by molar-refractivity contribution is 7.00. The fourth-order valence-corrected chi connectivity index (χ4v) is 5.57. The second-order valence-electron chi connectivity index (χ2n) is 10.6. The monoisotopic (exact) mass is 606 g/mol. The van der Waals surface area contributed by atoms with E-state index in [4.69, 9.17) is 28.4 Å². The van der Waals surface area contributed by atoms with Crippen LogP contribution in [0.2, 0.25) is 0 Å². The Morgan fingerprint density at radius 2 is 1.53 bits per heavy atom. The molecule has 0 fully saturated rings. The molecule has 226 valence electrons. The third kappa shape index (κ3) is 5.82. The lowest BCUT2D eigenvalue weighted by Crippen LogP contribution is -2.30. The third-order valence-electron chi connectivity index (χ3n) is 6.87. The molecule has 10 nitrogen and oxygen atoms in total. The van der Waals surface area contributed by atoms with Gasteiger partial charge in [0.05, 0.1) is 56.4 Å². The molecule has 1 unspecified atom stereocenters. The van der Waals surface area contributed by atoms with E-state index in [-0.39, 0.29) is 29.8 Å². The van der Waals surface area contributed by atoms with Crippen LogP contribution < -0.4 is 23.7 Å². The van der Waals surface area contributed by atoms with Gasteiger partial charge in [-0.15, -0.1) is 0 Å². The van der Waals surface area contributed by atoms with Gasteiger partial charge in [0, 0.05) is 12.0 Å². The van der Waals surface area contributed by atoms with E-state index in [2.05, 4.69) is 8.75 Å². The fourth-order valence-electron chi connectivity index (χ4n) is 5.06. The summed E-state index contributed by atoms with van der Waals surface area (Å²) >= 11 is 1.08. The SMILES string of the molecule is COc1ccc(OC)c(C2(O)OC(=O)C(c3ccc4nsnc4c3)=C2Cc2cc(OC)c(OC(C)C)c(OC(C)C)c2)c1. The van der Waals surface area contributed by atoms with Crippen LogP contribution in [0.1, 0.15) is 44.4 Å². The molecular weight excluding hydrogens is 572 g/mol. The average molecular weight is 607 g/mol. The van der Waals surface area contributed by atoms with Gasteiger partial charge in [0.2, 0.25) is 5.75 Å². The Labute approximate surface area is 254 Å². The number of carbonyl (C=O) groups is 1. The minimum Gasteiger partial charge on any atom is -0.497 e. The van der Waals surface area contributed by atoms with Crippen LogP contribution in [0.5, 0.6) is 28.7 Å². The normalized spacial score (nSPS) is 16.7. The second kappa shape index (κ2) is 12.1. The van der Waals surface area contributed by atoms with Gasteiger partial charge in [0.15, 0.2) is 11.5 Å². The summed E-state index contributed by atoms with van der Waals surface area (Å²) in [6.07, 6.45) is -0.208. The molecule has 43 heavy (non-hydrogen) atoms. The summed E-state index contributed by atoms with van der Waals surface area (Å²) in [4.78, 5) is 13.7. The molecule has 1 aliphatic heterocycles. The van der Waals surface area contributed by atoms with Gasteiger partial charge in [0.1, 0.15) is 22.5 Å². The second-order valence-corrected chi connectivity index (χ2v) is 11.1. The van der Waals surface area contributed by atoms with Gasteiger partial charge in [-0.3, -0.25) is 0 Å². The van der Waals surface area contributed by atoms with Crippen molar-refractivity contribution < 1.29 is 38.3 Å². The summed E-state index contributed by atoms with van der Waals surface area (Å²) in [5, 5.41) is 12.4. The summed E-state index contributed by atoms with van der Waals surface area (Å²) in [5.41, 5.74) is 3.26. The van der Waals surface area contributed by atoms with E-state index in [1.54, 1.807) is 49.6 Å². The van der Waals surface area contributed by atoms with Crippen molar-refractivity contribution in [3.05, 3.63) is 70.8 Å². The lowest BCUT2D eigenvalue weighted by molar-refractivity contribution is -0.185. The van der Waals surface area contributed by atoms with E-state index < -0.39 is 11.8 Å². The minimum atomic E-state index is -2.19. The zero-order valence-electron chi connectivity index (χ0n) is 25.1. The van der Waals surface area contributed by atoms with Crippen molar-refractivity contribution in [2.45, 2.75) is 52.1 Å². The number of nitrogens with zero attached hydrogens (tertiary/aromatic N) is 2. The fraction of sp³-hybridized carbons (Fsp3) is 0.344. The van der Waals surface area contributed by atoms with Crippen LogP contribution in [-0.4, -0.2) is 53.4 Å². The zero-order valence-corrected chi connectivity index (χ0v) is 25.9. The Morgan fingerprint density at radius 3 is 2.21 bits per heavy atom. The predicted octanol–water partition coefficient (Wildman–Crippen LogP) is 5.69. The maximum absolute atomic E-state index is 13.7. The highest BCUT2D eigenvalue weighted by Crippen LogP contribution is 2.49. The van der Waals surface area contributed by atoms with E-state index in [0.717, 1.165) is 11.7 Å². The minimum absolute atomic E-state index is 0.0814. The summed E-state index contributed by atoms with van der Waals surface area (Å²) in [5.74, 6) is -0.733. The average Bonchev–Trinajstić information content (AvgIpc) is 3.54. The number of aliphatic hydroxyl groups is 1. The molecule has 1 aliphatic rings. The van der Waals surface area contributed by atoms with Gasteiger partial charge >= 0.3 is 5.97 Å². The largest absolute Gasteiger partial charge is 0.497 e. The molecular formula is C32H34N2O8S. The molecule has 11 heteroatoms. The van der Waals surface area contributed by atoms with Crippen molar-refractivity contribution in [1.82, 2.24) is 8.75 Å². The maximum atomic E-state index is 13.7. The van der Waals surface area contributed by atoms with Crippen molar-refractivity contribution >= 4 is 34.3 Å². The molecule has 0 bridgehead atoms. The van der Waals surface area contributed by atoms with Crippen LogP contribution in [0.4, 0.5) is 0 Å². The number of rotatable bonds is 11. The van der Waals surface area contributed by atoms with Gasteiger partial charge in [-0.25, -0.2) is 4.79 Å². The summed E-state index contributed by atoms with van der Waals surface area (Å²) < 4.78 is 43.4. The molecule has 0 saturated heterocycles. The van der Waals surface area contributed by atoms with E-state index in [0.29, 0.717) is 56.5 Å². The van der Waals surface area contributed by atoms with Crippen LogP contribution >= 0.6 is 11.7 Å². The molecule has 3 aromatic carbocycles. The van der Waals surface area contributed by atoms with Crippen molar-refractivity contribution in [3.8, 4) is 28.7 Å². The van der Waals surface area contributed by atoms with E-state index in [1.807, 2.05) is 33.8 Å². The molecule has 0 radical (unpaired) electrons. The molecule has 0 saturated carbocycles. The molecule has 2 heterocycles. The Hall–Kier alpha value is -4.35. The van der Waals surface area contributed by atoms with Gasteiger partial charge in [0.25, 0.3) is 5.79 Å². The van der Waals surface area contributed by atoms with Crippen LogP contribution in [0.3, 0.4) is 0 Å². The van der Waals surface area contributed by atoms with Crippen molar-refractivity contribution in [3.63, 3.8) is 0 Å². The standard InChI is InChI=1S/C32H34N2O8S/c1-17(2)40-28-14-19(13-27(39-7)30(28)41-18(3)4)12-23-29(20-8-10-24-25(15-20)34-43-33-24)31(35)42-32(23,36)22-16-21(37-5)9-11-26(22)38-6/h8-11,13-18,36H,12H2,1-7H3. The smallest absolute Gasteiger partial charge is 0.342 e. The quantitative estimate of drug-likeness (QED) is 0.213. The number of methoxy groups -OCH3 is 3. The van der Waals surface area contributed by atoms with Crippen LogP contribution in [0.15, 0.2) is 54.1 Å². The Kier molecular flexibility index (Phi) is 8.48. The third-order valence-corrected chi connectivity index (χ3v) is 7.42. The van der Waals surface area contributed by atoms with Crippen LogP contribution in [0.25, 0.3) is 16.6 Å². The van der Waals surface area contributed by atoms with Gasteiger partial charge in [-0.1, -0.05) is 6.07 Å². The van der Waals surface area contributed by atoms with Gasteiger partial charge < -0.3 is 33.5 Å². The first-order chi connectivity index (χ1) is 20.6. The first kappa shape index (κ1) is 30.1. The number of ether oxygens (including phenoxy) is 6. The number of fused-ring (bicyclic) bond motifs is 1. The van der Waals surface area contributed by atoms with Crippen LogP contribution in [0, 0.1) is 0 Å². The predicted molar refractivity (Wildman–Crippen MR) is 162 cm³/mol. The highest BCUT2D eigenvalue weighted by Gasteiger charge is 2.50. The number of hydrogen-bond donors (Lipinski definition) is 1. The van der Waals surface area contributed by atoms with Crippen molar-refractivity contribution in [2.24, 2.45) is 0 Å².